The second-order valence-corrected chi connectivity index (χ2v) is 6.92. The lowest BCUT2D eigenvalue weighted by atomic mass is 9.92. The Labute approximate surface area is 101 Å². The average molecular weight is 245 g/mol. The molecule has 3 nitrogen and oxygen atoms in total. The van der Waals surface area contributed by atoms with Crippen molar-refractivity contribution in [2.75, 3.05) is 18.9 Å². The molecule has 1 spiro atoms. The third kappa shape index (κ3) is 2.84. The van der Waals surface area contributed by atoms with Crippen LogP contribution in [0, 0.1) is 0 Å². The molecule has 4 heteroatoms. The van der Waals surface area contributed by atoms with E-state index in [4.69, 9.17) is 10.5 Å². The van der Waals surface area contributed by atoms with E-state index in [1.165, 1.54) is 25.7 Å². The van der Waals surface area contributed by atoms with Gasteiger partial charge in [0.1, 0.15) is 0 Å². The van der Waals surface area contributed by atoms with Crippen molar-refractivity contribution in [3.63, 3.8) is 0 Å². The van der Waals surface area contributed by atoms with Gasteiger partial charge in [0.05, 0.1) is 5.60 Å². The molecular formula is C12H23NO2S. The van der Waals surface area contributed by atoms with Crippen molar-refractivity contribution < 1.29 is 8.95 Å². The van der Waals surface area contributed by atoms with E-state index in [9.17, 15) is 4.21 Å². The molecule has 0 bridgehead atoms. The average Bonchev–Trinajstić information content (AvgIpc) is 2.74. The normalized spacial score (nSPS) is 30.7. The van der Waals surface area contributed by atoms with Crippen molar-refractivity contribution in [3.05, 3.63) is 0 Å². The number of ether oxygens (including phenoxy) is 1. The Morgan fingerprint density at radius 2 is 2.12 bits per heavy atom. The van der Waals surface area contributed by atoms with Gasteiger partial charge in [-0.2, -0.15) is 0 Å². The minimum absolute atomic E-state index is 0.0985. The van der Waals surface area contributed by atoms with Crippen LogP contribution in [-0.4, -0.2) is 34.0 Å². The van der Waals surface area contributed by atoms with Crippen LogP contribution < -0.4 is 5.73 Å². The Balaban J connectivity index is 1.88. The molecule has 0 radical (unpaired) electrons. The second-order valence-electron chi connectivity index (χ2n) is 5.08. The molecule has 1 heterocycles. The maximum absolute atomic E-state index is 12.1. The number of nitrogens with two attached hydrogens (primary N) is 1. The molecule has 2 N–H and O–H groups in total. The van der Waals surface area contributed by atoms with Gasteiger partial charge in [-0.15, -0.1) is 0 Å². The predicted molar refractivity (Wildman–Crippen MR) is 66.9 cm³/mol. The van der Waals surface area contributed by atoms with Gasteiger partial charge in [-0.3, -0.25) is 4.21 Å². The van der Waals surface area contributed by atoms with Crippen LogP contribution >= 0.6 is 0 Å². The fourth-order valence-electron chi connectivity index (χ4n) is 2.97. The molecule has 1 saturated heterocycles. The molecule has 2 unspecified atom stereocenters. The van der Waals surface area contributed by atoms with Crippen LogP contribution in [0.3, 0.4) is 0 Å². The topological polar surface area (TPSA) is 52.3 Å². The molecule has 1 aliphatic heterocycles. The highest BCUT2D eigenvalue weighted by atomic mass is 32.2. The Kier molecular flexibility index (Phi) is 4.39. The molecule has 0 aromatic heterocycles. The van der Waals surface area contributed by atoms with Gasteiger partial charge >= 0.3 is 0 Å². The molecule has 2 atom stereocenters. The van der Waals surface area contributed by atoms with E-state index in [0.717, 1.165) is 31.6 Å². The first kappa shape index (κ1) is 12.5. The van der Waals surface area contributed by atoms with Crippen molar-refractivity contribution in [3.8, 4) is 0 Å². The molecular weight excluding hydrogens is 222 g/mol. The molecule has 1 saturated carbocycles. The minimum atomic E-state index is -0.688. The highest BCUT2D eigenvalue weighted by molar-refractivity contribution is 7.85. The molecule has 0 aromatic rings. The smallest absolute Gasteiger partial charge is 0.0694 e. The van der Waals surface area contributed by atoms with Gasteiger partial charge in [-0.1, -0.05) is 12.8 Å². The lowest BCUT2D eigenvalue weighted by molar-refractivity contribution is -0.0708. The van der Waals surface area contributed by atoms with Crippen molar-refractivity contribution in [2.24, 2.45) is 5.73 Å². The highest BCUT2D eigenvalue weighted by Crippen LogP contribution is 2.41. The minimum Gasteiger partial charge on any atom is -0.375 e. The molecule has 2 aliphatic rings. The lowest BCUT2D eigenvalue weighted by Gasteiger charge is -2.37. The zero-order valence-electron chi connectivity index (χ0n) is 9.95. The molecule has 2 fully saturated rings. The van der Waals surface area contributed by atoms with Crippen molar-refractivity contribution in [1.29, 1.82) is 0 Å². The first-order valence-electron chi connectivity index (χ1n) is 6.47. The van der Waals surface area contributed by atoms with E-state index >= 15 is 0 Å². The van der Waals surface area contributed by atoms with E-state index in [-0.39, 0.29) is 5.60 Å². The summed E-state index contributed by atoms with van der Waals surface area (Å²) in [6.45, 7) is 1.46. The van der Waals surface area contributed by atoms with Gasteiger partial charge in [0.15, 0.2) is 0 Å². The maximum Gasteiger partial charge on any atom is 0.0694 e. The molecule has 0 amide bonds. The van der Waals surface area contributed by atoms with Crippen LogP contribution in [-0.2, 0) is 15.5 Å². The Morgan fingerprint density at radius 3 is 2.81 bits per heavy atom. The summed E-state index contributed by atoms with van der Waals surface area (Å²) in [5, 5.41) is 0.360. The SMILES string of the molecule is NCCCS(=O)C1CCOC2(CCCC2)C1. The monoisotopic (exact) mass is 245 g/mol. The van der Waals surface area contributed by atoms with Gasteiger partial charge in [0.25, 0.3) is 0 Å². The predicted octanol–water partition coefficient (Wildman–Crippen LogP) is 1.58. The Hall–Kier alpha value is 0.0700. The molecule has 0 aromatic carbocycles. The van der Waals surface area contributed by atoms with Gasteiger partial charge < -0.3 is 10.5 Å². The van der Waals surface area contributed by atoms with Gasteiger partial charge in [0, 0.05) is 28.4 Å². The summed E-state index contributed by atoms with van der Waals surface area (Å²) in [5.41, 5.74) is 5.56. The van der Waals surface area contributed by atoms with Gasteiger partial charge in [-0.05, 0) is 38.6 Å². The lowest BCUT2D eigenvalue weighted by Crippen LogP contribution is -2.41. The third-order valence-electron chi connectivity index (χ3n) is 3.88. The van der Waals surface area contributed by atoms with Gasteiger partial charge in [0.2, 0.25) is 0 Å². The van der Waals surface area contributed by atoms with Crippen molar-refractivity contribution >= 4 is 10.8 Å². The largest absolute Gasteiger partial charge is 0.375 e. The number of rotatable bonds is 4. The summed E-state index contributed by atoms with van der Waals surface area (Å²) in [6, 6.07) is 0. The Bertz CT molecular complexity index is 251. The summed E-state index contributed by atoms with van der Waals surface area (Å²) in [6.07, 6.45) is 7.79. The summed E-state index contributed by atoms with van der Waals surface area (Å²) >= 11 is 0. The van der Waals surface area contributed by atoms with Crippen LogP contribution in [0.25, 0.3) is 0 Å². The van der Waals surface area contributed by atoms with Crippen LogP contribution in [0.4, 0.5) is 0 Å². The van der Waals surface area contributed by atoms with E-state index in [2.05, 4.69) is 0 Å². The summed E-state index contributed by atoms with van der Waals surface area (Å²) in [5.74, 6) is 0.775. The fourth-order valence-corrected chi connectivity index (χ4v) is 4.60. The summed E-state index contributed by atoms with van der Waals surface area (Å²) in [7, 11) is -0.688. The summed E-state index contributed by atoms with van der Waals surface area (Å²) < 4.78 is 18.0. The molecule has 16 heavy (non-hydrogen) atoms. The Morgan fingerprint density at radius 1 is 1.38 bits per heavy atom. The first-order chi connectivity index (χ1) is 7.76. The van der Waals surface area contributed by atoms with Gasteiger partial charge in [-0.25, -0.2) is 0 Å². The summed E-state index contributed by atoms with van der Waals surface area (Å²) in [4.78, 5) is 0. The maximum atomic E-state index is 12.1. The van der Waals surface area contributed by atoms with Crippen LogP contribution in [0.5, 0.6) is 0 Å². The van der Waals surface area contributed by atoms with E-state index in [1.54, 1.807) is 0 Å². The third-order valence-corrected chi connectivity index (χ3v) is 5.72. The quantitative estimate of drug-likeness (QED) is 0.818. The number of hydrogen-bond acceptors (Lipinski definition) is 3. The second kappa shape index (κ2) is 5.61. The fraction of sp³-hybridized carbons (Fsp3) is 1.00. The van der Waals surface area contributed by atoms with E-state index in [0.29, 0.717) is 11.8 Å². The molecule has 1 aliphatic carbocycles. The number of hydrogen-bond donors (Lipinski definition) is 1. The zero-order valence-corrected chi connectivity index (χ0v) is 10.8. The van der Waals surface area contributed by atoms with E-state index < -0.39 is 10.8 Å². The van der Waals surface area contributed by atoms with Crippen LogP contribution in [0.2, 0.25) is 0 Å². The van der Waals surface area contributed by atoms with Crippen LogP contribution in [0.1, 0.15) is 44.9 Å². The molecule has 94 valence electrons. The van der Waals surface area contributed by atoms with Crippen molar-refractivity contribution in [1.82, 2.24) is 0 Å². The zero-order chi connectivity index (χ0) is 11.4. The first-order valence-corrected chi connectivity index (χ1v) is 7.85. The standard InChI is InChI=1S/C12H23NO2S/c13-7-3-9-16(14)11-4-8-15-12(10-11)5-1-2-6-12/h11H,1-10,13H2. The highest BCUT2D eigenvalue weighted by Gasteiger charge is 2.41. The molecule has 2 rings (SSSR count). The van der Waals surface area contributed by atoms with Crippen LogP contribution in [0.15, 0.2) is 0 Å². The van der Waals surface area contributed by atoms with E-state index in [1.807, 2.05) is 0 Å². The van der Waals surface area contributed by atoms with Crippen molar-refractivity contribution in [2.45, 2.75) is 55.8 Å².